The van der Waals surface area contributed by atoms with E-state index in [9.17, 15) is 14.4 Å². The second-order valence-corrected chi connectivity index (χ2v) is 8.00. The molecule has 1 aliphatic heterocycles. The Morgan fingerprint density at radius 3 is 2.33 bits per heavy atom. The van der Waals surface area contributed by atoms with Crippen LogP contribution in [0, 0.1) is 0 Å². The molecule has 1 fully saturated rings. The summed E-state index contributed by atoms with van der Waals surface area (Å²) >= 11 is 0. The third-order valence-corrected chi connectivity index (χ3v) is 5.90. The molecule has 3 aromatic rings. The van der Waals surface area contributed by atoms with Crippen LogP contribution in [-0.2, 0) is 6.54 Å². The van der Waals surface area contributed by atoms with Crippen molar-refractivity contribution in [1.29, 1.82) is 0 Å². The quantitative estimate of drug-likeness (QED) is 0.510. The van der Waals surface area contributed by atoms with Crippen molar-refractivity contribution < 1.29 is 14.3 Å². The van der Waals surface area contributed by atoms with Gasteiger partial charge in [0.2, 0.25) is 0 Å². The number of hydrogen-bond donors (Lipinski definition) is 2. The largest absolute Gasteiger partial charge is 0.497 e. The molecule has 2 N–H and O–H groups in total. The zero-order valence-corrected chi connectivity index (χ0v) is 18.8. The van der Waals surface area contributed by atoms with Gasteiger partial charge in [-0.2, -0.15) is 0 Å². The molecule has 1 saturated heterocycles. The highest BCUT2D eigenvalue weighted by molar-refractivity contribution is 6.05. The number of carbonyl (C=O) groups excluding carboxylic acids is 1. The number of rotatable bonds is 8. The molecule has 33 heavy (non-hydrogen) atoms. The molecule has 8 nitrogen and oxygen atoms in total. The third kappa shape index (κ3) is 4.69. The summed E-state index contributed by atoms with van der Waals surface area (Å²) in [4.78, 5) is 38.8. The van der Waals surface area contributed by atoms with Crippen molar-refractivity contribution >= 4 is 23.0 Å². The molecule has 1 heterocycles. The number of piperidine rings is 1. The van der Waals surface area contributed by atoms with Gasteiger partial charge in [-0.15, -0.1) is 0 Å². The molecular weight excluding hydrogens is 422 g/mol. The number of hydrogen-bond acceptors (Lipinski definition) is 7. The van der Waals surface area contributed by atoms with Gasteiger partial charge in [-0.1, -0.05) is 12.1 Å². The second kappa shape index (κ2) is 9.77. The summed E-state index contributed by atoms with van der Waals surface area (Å²) in [5, 5.41) is 5.96. The van der Waals surface area contributed by atoms with Gasteiger partial charge in [-0.25, -0.2) is 0 Å². The Bertz CT molecular complexity index is 1210. The first-order valence-electron chi connectivity index (χ1n) is 11.0. The Morgan fingerprint density at radius 1 is 0.939 bits per heavy atom. The van der Waals surface area contributed by atoms with Gasteiger partial charge in [-0.3, -0.25) is 14.4 Å². The standard InChI is InChI=1S/C25H27N3O5/c1-32-18-10-11-19(20(14-18)33-2)27-25(31)17-8-6-16(7-9-17)15-26-21-22(24(30)23(21)29)28-12-4-3-5-13-28/h6-11,14,26H,3-5,12-13,15H2,1-2H3,(H,27,31). The van der Waals surface area contributed by atoms with E-state index < -0.39 is 10.9 Å². The van der Waals surface area contributed by atoms with Crippen LogP contribution in [0.2, 0.25) is 0 Å². The summed E-state index contributed by atoms with van der Waals surface area (Å²) in [6.07, 6.45) is 3.22. The monoisotopic (exact) mass is 449 g/mol. The molecule has 3 aromatic carbocycles. The number of nitrogens with zero attached hydrogens (tertiary/aromatic N) is 1. The summed E-state index contributed by atoms with van der Waals surface area (Å²) in [6, 6.07) is 12.2. The molecule has 0 bridgehead atoms. The van der Waals surface area contributed by atoms with Crippen molar-refractivity contribution in [2.24, 2.45) is 0 Å². The molecule has 0 radical (unpaired) electrons. The molecule has 8 heteroatoms. The zero-order chi connectivity index (χ0) is 23.4. The highest BCUT2D eigenvalue weighted by atomic mass is 16.5. The lowest BCUT2D eigenvalue weighted by molar-refractivity contribution is 0.102. The fourth-order valence-corrected chi connectivity index (χ4v) is 4.02. The van der Waals surface area contributed by atoms with Crippen LogP contribution in [-0.4, -0.2) is 33.2 Å². The van der Waals surface area contributed by atoms with Crippen LogP contribution in [0.5, 0.6) is 11.5 Å². The van der Waals surface area contributed by atoms with E-state index in [-0.39, 0.29) is 5.91 Å². The normalized spacial score (nSPS) is 13.6. The van der Waals surface area contributed by atoms with Gasteiger partial charge in [0.1, 0.15) is 22.9 Å². The SMILES string of the molecule is COc1ccc(NC(=O)c2ccc(CNc3c(N4CCCCC4)c(=O)c3=O)cc2)c(OC)c1. The minimum atomic E-state index is -0.458. The van der Waals surface area contributed by atoms with Gasteiger partial charge in [0.25, 0.3) is 16.8 Å². The van der Waals surface area contributed by atoms with E-state index in [1.54, 1.807) is 37.4 Å². The zero-order valence-electron chi connectivity index (χ0n) is 18.8. The number of carbonyl (C=O) groups is 1. The molecule has 1 aliphatic rings. The van der Waals surface area contributed by atoms with Gasteiger partial charge >= 0.3 is 0 Å². The fourth-order valence-electron chi connectivity index (χ4n) is 4.02. The molecule has 0 saturated carbocycles. The number of anilines is 3. The minimum absolute atomic E-state index is 0.271. The Morgan fingerprint density at radius 2 is 1.67 bits per heavy atom. The Labute approximate surface area is 191 Å². The van der Waals surface area contributed by atoms with Crippen LogP contribution < -0.4 is 35.9 Å². The molecule has 0 aliphatic carbocycles. The smallest absolute Gasteiger partial charge is 0.255 e. The van der Waals surface area contributed by atoms with E-state index in [2.05, 4.69) is 10.6 Å². The van der Waals surface area contributed by atoms with E-state index in [0.29, 0.717) is 40.7 Å². The molecule has 0 atom stereocenters. The second-order valence-electron chi connectivity index (χ2n) is 8.00. The average molecular weight is 450 g/mol. The van der Waals surface area contributed by atoms with Crippen molar-refractivity contribution in [2.75, 3.05) is 42.8 Å². The van der Waals surface area contributed by atoms with Crippen LogP contribution in [0.15, 0.2) is 52.1 Å². The molecular formula is C25H27N3O5. The number of nitrogens with one attached hydrogen (secondary N) is 2. The Kier molecular flexibility index (Phi) is 6.63. The van der Waals surface area contributed by atoms with Crippen molar-refractivity contribution in [3.63, 3.8) is 0 Å². The number of ether oxygens (including phenoxy) is 2. The summed E-state index contributed by atoms with van der Waals surface area (Å²) in [5.74, 6) is 0.862. The molecule has 0 spiro atoms. The van der Waals surface area contributed by atoms with Crippen LogP contribution >= 0.6 is 0 Å². The molecule has 1 amide bonds. The van der Waals surface area contributed by atoms with Crippen LogP contribution in [0.4, 0.5) is 17.1 Å². The highest BCUT2D eigenvalue weighted by Gasteiger charge is 2.26. The van der Waals surface area contributed by atoms with E-state index in [0.717, 1.165) is 37.9 Å². The lowest BCUT2D eigenvalue weighted by Gasteiger charge is -2.30. The summed E-state index contributed by atoms with van der Waals surface area (Å²) in [7, 11) is 3.09. The first kappa shape index (κ1) is 22.4. The predicted octanol–water partition coefficient (Wildman–Crippen LogP) is 3.15. The van der Waals surface area contributed by atoms with Crippen LogP contribution in [0.25, 0.3) is 0 Å². The maximum absolute atomic E-state index is 12.7. The lowest BCUT2D eigenvalue weighted by Crippen LogP contribution is -2.44. The van der Waals surface area contributed by atoms with E-state index in [1.807, 2.05) is 17.0 Å². The maximum Gasteiger partial charge on any atom is 0.255 e. The van der Waals surface area contributed by atoms with Gasteiger partial charge in [0.15, 0.2) is 0 Å². The van der Waals surface area contributed by atoms with Crippen molar-refractivity contribution in [1.82, 2.24) is 0 Å². The number of benzene rings is 2. The Hall–Kier alpha value is -3.81. The van der Waals surface area contributed by atoms with Crippen LogP contribution in [0.1, 0.15) is 35.2 Å². The summed E-state index contributed by atoms with van der Waals surface area (Å²) in [6.45, 7) is 2.00. The summed E-state index contributed by atoms with van der Waals surface area (Å²) in [5.41, 5.74) is 1.98. The van der Waals surface area contributed by atoms with Crippen molar-refractivity contribution in [3.8, 4) is 11.5 Å². The van der Waals surface area contributed by atoms with Crippen molar-refractivity contribution in [2.45, 2.75) is 25.8 Å². The highest BCUT2D eigenvalue weighted by Crippen LogP contribution is 2.29. The van der Waals surface area contributed by atoms with E-state index in [4.69, 9.17) is 9.47 Å². The topological polar surface area (TPSA) is 97.0 Å². The van der Waals surface area contributed by atoms with Gasteiger partial charge in [-0.05, 0) is 49.1 Å². The molecule has 4 rings (SSSR count). The van der Waals surface area contributed by atoms with Gasteiger partial charge in [0, 0.05) is 31.3 Å². The first-order chi connectivity index (χ1) is 16.0. The van der Waals surface area contributed by atoms with Crippen LogP contribution in [0.3, 0.4) is 0 Å². The average Bonchev–Trinajstić information content (AvgIpc) is 2.86. The Balaban J connectivity index is 1.39. The van der Waals surface area contributed by atoms with E-state index in [1.165, 1.54) is 7.11 Å². The maximum atomic E-state index is 12.7. The third-order valence-electron chi connectivity index (χ3n) is 5.90. The number of methoxy groups -OCH3 is 2. The molecule has 172 valence electrons. The van der Waals surface area contributed by atoms with Gasteiger partial charge in [0.05, 0.1) is 19.9 Å². The fraction of sp³-hybridized carbons (Fsp3) is 0.320. The van der Waals surface area contributed by atoms with Gasteiger partial charge < -0.3 is 25.0 Å². The molecule has 0 unspecified atom stereocenters. The number of amides is 1. The predicted molar refractivity (Wildman–Crippen MR) is 129 cm³/mol. The van der Waals surface area contributed by atoms with Crippen molar-refractivity contribution in [3.05, 3.63) is 74.0 Å². The lowest BCUT2D eigenvalue weighted by atomic mass is 10.1. The first-order valence-corrected chi connectivity index (χ1v) is 11.0. The minimum Gasteiger partial charge on any atom is -0.497 e. The molecule has 0 aromatic heterocycles. The van der Waals surface area contributed by atoms with E-state index >= 15 is 0 Å². The summed E-state index contributed by atoms with van der Waals surface area (Å²) < 4.78 is 10.5.